The van der Waals surface area contributed by atoms with E-state index >= 15 is 0 Å². The lowest BCUT2D eigenvalue weighted by Crippen LogP contribution is -2.44. The van der Waals surface area contributed by atoms with Crippen LogP contribution in [0.4, 0.5) is 0 Å². The van der Waals surface area contributed by atoms with Gasteiger partial charge in [0.05, 0.1) is 6.10 Å². The first-order valence-electron chi connectivity index (χ1n) is 5.88. The van der Waals surface area contributed by atoms with Gasteiger partial charge < -0.3 is 15.0 Å². The number of ether oxygens (including phenoxy) is 1. The summed E-state index contributed by atoms with van der Waals surface area (Å²) in [5.41, 5.74) is 0. The zero-order valence-corrected chi connectivity index (χ0v) is 9.17. The van der Waals surface area contributed by atoms with E-state index in [0.29, 0.717) is 12.1 Å². The third-order valence-electron chi connectivity index (χ3n) is 3.49. The maximum Gasteiger partial charge on any atom is 0.0748 e. The molecule has 2 heterocycles. The minimum Gasteiger partial charge on any atom is -0.380 e. The number of nitrogens with one attached hydrogen (secondary N) is 1. The second kappa shape index (κ2) is 5.10. The fourth-order valence-electron chi connectivity index (χ4n) is 2.63. The number of methoxy groups -OCH3 is 1. The van der Waals surface area contributed by atoms with E-state index in [9.17, 15) is 0 Å². The highest BCUT2D eigenvalue weighted by molar-refractivity contribution is 4.87. The van der Waals surface area contributed by atoms with Gasteiger partial charge in [-0.25, -0.2) is 0 Å². The van der Waals surface area contributed by atoms with Crippen molar-refractivity contribution < 1.29 is 4.74 Å². The van der Waals surface area contributed by atoms with Crippen molar-refractivity contribution in [2.24, 2.45) is 0 Å². The van der Waals surface area contributed by atoms with Crippen LogP contribution < -0.4 is 5.32 Å². The minimum atomic E-state index is 0.442. The van der Waals surface area contributed by atoms with Crippen LogP contribution in [0.5, 0.6) is 0 Å². The van der Waals surface area contributed by atoms with Crippen LogP contribution in [-0.2, 0) is 4.74 Å². The average molecular weight is 198 g/mol. The number of hydrogen-bond donors (Lipinski definition) is 1. The second-order valence-corrected chi connectivity index (χ2v) is 4.48. The predicted molar refractivity (Wildman–Crippen MR) is 57.5 cm³/mol. The summed E-state index contributed by atoms with van der Waals surface area (Å²) in [6, 6.07) is 0.568. The van der Waals surface area contributed by atoms with Gasteiger partial charge in [0.1, 0.15) is 0 Å². The van der Waals surface area contributed by atoms with E-state index in [0.717, 1.165) is 6.54 Å². The third-order valence-corrected chi connectivity index (χ3v) is 3.49. The normalized spacial score (nSPS) is 34.9. The molecule has 2 unspecified atom stereocenters. The molecule has 2 aliphatic rings. The zero-order chi connectivity index (χ0) is 9.80. The molecular formula is C11H22N2O. The van der Waals surface area contributed by atoms with E-state index in [1.807, 2.05) is 7.11 Å². The summed E-state index contributed by atoms with van der Waals surface area (Å²) in [5.74, 6) is 0. The molecule has 0 spiro atoms. The smallest absolute Gasteiger partial charge is 0.0748 e. The Morgan fingerprint density at radius 1 is 1.29 bits per heavy atom. The van der Waals surface area contributed by atoms with E-state index in [2.05, 4.69) is 10.2 Å². The van der Waals surface area contributed by atoms with Crippen LogP contribution in [-0.4, -0.2) is 50.3 Å². The van der Waals surface area contributed by atoms with E-state index in [4.69, 9.17) is 4.74 Å². The second-order valence-electron chi connectivity index (χ2n) is 4.48. The number of piperidine rings is 1. The van der Waals surface area contributed by atoms with Gasteiger partial charge in [-0.1, -0.05) is 6.42 Å². The van der Waals surface area contributed by atoms with E-state index in [1.165, 1.54) is 45.3 Å². The average Bonchev–Trinajstić information content (AvgIpc) is 2.67. The van der Waals surface area contributed by atoms with E-state index in [1.54, 1.807) is 0 Å². The van der Waals surface area contributed by atoms with Crippen molar-refractivity contribution in [3.05, 3.63) is 0 Å². The summed E-state index contributed by atoms with van der Waals surface area (Å²) < 4.78 is 5.48. The van der Waals surface area contributed by atoms with Crippen molar-refractivity contribution in [2.75, 3.05) is 33.3 Å². The van der Waals surface area contributed by atoms with E-state index in [-0.39, 0.29) is 0 Å². The fraction of sp³-hybridized carbons (Fsp3) is 1.00. The number of hydrogen-bond acceptors (Lipinski definition) is 3. The van der Waals surface area contributed by atoms with Gasteiger partial charge >= 0.3 is 0 Å². The van der Waals surface area contributed by atoms with Crippen LogP contribution in [0, 0.1) is 0 Å². The van der Waals surface area contributed by atoms with Crippen molar-refractivity contribution >= 4 is 0 Å². The maximum absolute atomic E-state index is 5.48. The lowest BCUT2D eigenvalue weighted by Gasteiger charge is -2.30. The Balaban J connectivity index is 1.77. The molecule has 14 heavy (non-hydrogen) atoms. The van der Waals surface area contributed by atoms with Crippen molar-refractivity contribution in [1.29, 1.82) is 0 Å². The SMILES string of the molecule is COC1CCNC1CN1CCCCC1. The first kappa shape index (κ1) is 10.4. The molecule has 2 rings (SSSR count). The molecule has 1 N–H and O–H groups in total. The first-order chi connectivity index (χ1) is 6.90. The van der Waals surface area contributed by atoms with Crippen molar-refractivity contribution in [3.8, 4) is 0 Å². The van der Waals surface area contributed by atoms with Crippen LogP contribution in [0.15, 0.2) is 0 Å². The predicted octanol–water partition coefficient (Wildman–Crippen LogP) is 0.849. The number of rotatable bonds is 3. The molecule has 3 heteroatoms. The van der Waals surface area contributed by atoms with Gasteiger partial charge in [0.15, 0.2) is 0 Å². The lowest BCUT2D eigenvalue weighted by atomic mass is 10.1. The third kappa shape index (κ3) is 2.47. The molecule has 0 aromatic carbocycles. The van der Waals surface area contributed by atoms with Gasteiger partial charge in [0, 0.05) is 19.7 Å². The first-order valence-corrected chi connectivity index (χ1v) is 5.88. The topological polar surface area (TPSA) is 24.5 Å². The van der Waals surface area contributed by atoms with Gasteiger partial charge in [-0.3, -0.25) is 0 Å². The molecule has 3 nitrogen and oxygen atoms in total. The van der Waals surface area contributed by atoms with Crippen molar-refractivity contribution in [1.82, 2.24) is 10.2 Å². The molecular weight excluding hydrogens is 176 g/mol. The Hall–Kier alpha value is -0.120. The molecule has 0 aromatic rings. The Kier molecular flexibility index (Phi) is 3.79. The van der Waals surface area contributed by atoms with Crippen LogP contribution >= 0.6 is 0 Å². The lowest BCUT2D eigenvalue weighted by molar-refractivity contribution is 0.0738. The van der Waals surface area contributed by atoms with Crippen molar-refractivity contribution in [3.63, 3.8) is 0 Å². The number of nitrogens with zero attached hydrogens (tertiary/aromatic N) is 1. The highest BCUT2D eigenvalue weighted by Gasteiger charge is 2.28. The summed E-state index contributed by atoms with van der Waals surface area (Å²) in [6.45, 7) is 4.87. The van der Waals surface area contributed by atoms with Gasteiger partial charge in [-0.15, -0.1) is 0 Å². The fourth-order valence-corrected chi connectivity index (χ4v) is 2.63. The van der Waals surface area contributed by atoms with Crippen LogP contribution in [0.3, 0.4) is 0 Å². The molecule has 0 aromatic heterocycles. The molecule has 0 aliphatic carbocycles. The molecule has 0 amide bonds. The Morgan fingerprint density at radius 2 is 2.07 bits per heavy atom. The Labute approximate surface area is 86.8 Å². The quantitative estimate of drug-likeness (QED) is 0.727. The van der Waals surface area contributed by atoms with E-state index < -0.39 is 0 Å². The number of likely N-dealkylation sites (tertiary alicyclic amines) is 1. The highest BCUT2D eigenvalue weighted by Crippen LogP contribution is 2.15. The Bertz CT molecular complexity index is 169. The molecule has 0 radical (unpaired) electrons. The maximum atomic E-state index is 5.48. The van der Waals surface area contributed by atoms with Crippen molar-refractivity contribution in [2.45, 2.75) is 37.8 Å². The molecule has 2 saturated heterocycles. The molecule has 0 bridgehead atoms. The van der Waals surface area contributed by atoms with Gasteiger partial charge in [0.25, 0.3) is 0 Å². The summed E-state index contributed by atoms with van der Waals surface area (Å²) in [5, 5.41) is 3.54. The molecule has 0 saturated carbocycles. The van der Waals surface area contributed by atoms with Crippen LogP contribution in [0.2, 0.25) is 0 Å². The molecule has 2 fully saturated rings. The zero-order valence-electron chi connectivity index (χ0n) is 9.17. The molecule has 2 atom stereocenters. The summed E-state index contributed by atoms with van der Waals surface area (Å²) >= 11 is 0. The molecule has 82 valence electrons. The largest absolute Gasteiger partial charge is 0.380 e. The monoisotopic (exact) mass is 198 g/mol. The minimum absolute atomic E-state index is 0.442. The highest BCUT2D eigenvalue weighted by atomic mass is 16.5. The van der Waals surface area contributed by atoms with Crippen LogP contribution in [0.25, 0.3) is 0 Å². The standard InChI is InChI=1S/C11H22N2O/c1-14-11-5-6-12-10(11)9-13-7-3-2-4-8-13/h10-12H,2-9H2,1H3. The summed E-state index contributed by atoms with van der Waals surface area (Å²) in [7, 11) is 1.83. The summed E-state index contributed by atoms with van der Waals surface area (Å²) in [6.07, 6.45) is 5.79. The van der Waals surface area contributed by atoms with Gasteiger partial charge in [0.2, 0.25) is 0 Å². The van der Waals surface area contributed by atoms with Gasteiger partial charge in [-0.05, 0) is 38.9 Å². The Morgan fingerprint density at radius 3 is 2.79 bits per heavy atom. The van der Waals surface area contributed by atoms with Crippen LogP contribution in [0.1, 0.15) is 25.7 Å². The summed E-state index contributed by atoms with van der Waals surface area (Å²) in [4.78, 5) is 2.58. The molecule has 2 aliphatic heterocycles. The van der Waals surface area contributed by atoms with Gasteiger partial charge in [-0.2, -0.15) is 0 Å².